The zero-order valence-corrected chi connectivity index (χ0v) is 13.2. The third kappa shape index (κ3) is 3.31. The van der Waals surface area contributed by atoms with Gasteiger partial charge in [0.05, 0.1) is 5.56 Å². The summed E-state index contributed by atoms with van der Waals surface area (Å²) in [6, 6.07) is 19.8. The molecule has 0 N–H and O–H groups in total. The molecule has 3 aromatic rings. The first-order valence-electron chi connectivity index (χ1n) is 7.46. The highest BCUT2D eigenvalue weighted by Gasteiger charge is 2.17. The Morgan fingerprint density at radius 2 is 1.57 bits per heavy atom. The lowest BCUT2D eigenvalue weighted by atomic mass is 10.0. The van der Waals surface area contributed by atoms with Crippen LogP contribution >= 0.6 is 0 Å². The van der Waals surface area contributed by atoms with Crippen molar-refractivity contribution in [3.63, 3.8) is 0 Å². The minimum Gasteiger partial charge on any atom is -0.429 e. The number of hydrogen-bond acceptors (Lipinski definition) is 4. The number of hydrogen-bond donors (Lipinski definition) is 0. The fourth-order valence-corrected chi connectivity index (χ4v) is 2.43. The van der Waals surface area contributed by atoms with Crippen LogP contribution in [0, 0.1) is 0 Å². The van der Waals surface area contributed by atoms with Crippen molar-refractivity contribution in [2.45, 2.75) is 6.42 Å². The van der Waals surface area contributed by atoms with Crippen LogP contribution in [0.1, 0.15) is 11.3 Å². The van der Waals surface area contributed by atoms with Gasteiger partial charge in [-0.15, -0.1) is 0 Å². The van der Waals surface area contributed by atoms with E-state index in [9.17, 15) is 4.79 Å². The fraction of sp³-hybridized carbons (Fsp3) is 0.158. The van der Waals surface area contributed by atoms with Gasteiger partial charge >= 0.3 is 0 Å². The van der Waals surface area contributed by atoms with Crippen LogP contribution in [0.3, 0.4) is 0 Å². The van der Waals surface area contributed by atoms with E-state index in [-0.39, 0.29) is 5.56 Å². The molecule has 3 rings (SSSR count). The van der Waals surface area contributed by atoms with Gasteiger partial charge in [0.1, 0.15) is 5.76 Å². The first-order valence-corrected chi connectivity index (χ1v) is 7.46. The molecule has 0 spiro atoms. The third-order valence-electron chi connectivity index (χ3n) is 3.56. The summed E-state index contributed by atoms with van der Waals surface area (Å²) in [5, 5.41) is 0. The van der Waals surface area contributed by atoms with Gasteiger partial charge in [-0.2, -0.15) is 4.98 Å². The molecule has 2 aromatic carbocycles. The standard InChI is InChI=1S/C19H18N2O2/c1-21(2)19-20-18(22)17(15-11-7-4-8-12-15)16(23-19)13-14-9-5-3-6-10-14/h3-12H,13H2,1-2H3. The predicted octanol–water partition coefficient (Wildman–Crippen LogP) is 3.36. The second kappa shape index (κ2) is 6.48. The molecule has 4 heteroatoms. The molecule has 0 aliphatic heterocycles. The molecule has 1 aromatic heterocycles. The maximum atomic E-state index is 12.6. The number of anilines is 1. The second-order valence-electron chi connectivity index (χ2n) is 5.52. The lowest BCUT2D eigenvalue weighted by Crippen LogP contribution is -2.19. The molecule has 4 nitrogen and oxygen atoms in total. The van der Waals surface area contributed by atoms with Crippen molar-refractivity contribution < 1.29 is 4.42 Å². The monoisotopic (exact) mass is 306 g/mol. The van der Waals surface area contributed by atoms with Crippen LogP contribution in [-0.2, 0) is 6.42 Å². The van der Waals surface area contributed by atoms with Crippen molar-refractivity contribution in [2.24, 2.45) is 0 Å². The van der Waals surface area contributed by atoms with Crippen molar-refractivity contribution in [1.29, 1.82) is 0 Å². The Bertz CT molecular complexity index is 840. The van der Waals surface area contributed by atoms with E-state index in [4.69, 9.17) is 4.42 Å². The largest absolute Gasteiger partial charge is 0.429 e. The molecule has 1 heterocycles. The molecule has 0 fully saturated rings. The second-order valence-corrected chi connectivity index (χ2v) is 5.52. The van der Waals surface area contributed by atoms with Gasteiger partial charge in [-0.1, -0.05) is 60.7 Å². The highest BCUT2D eigenvalue weighted by Crippen LogP contribution is 2.24. The SMILES string of the molecule is CN(C)c1nc(=O)c(-c2ccccc2)c(Cc2ccccc2)o1. The topological polar surface area (TPSA) is 46.3 Å². The maximum absolute atomic E-state index is 12.6. The van der Waals surface area contributed by atoms with Crippen LogP contribution in [0.4, 0.5) is 6.01 Å². The van der Waals surface area contributed by atoms with Gasteiger partial charge in [0.2, 0.25) is 0 Å². The molecule has 0 saturated carbocycles. The summed E-state index contributed by atoms with van der Waals surface area (Å²) in [4.78, 5) is 18.3. The van der Waals surface area contributed by atoms with Crippen molar-refractivity contribution in [3.8, 4) is 11.1 Å². The van der Waals surface area contributed by atoms with Gasteiger partial charge in [0.25, 0.3) is 11.6 Å². The van der Waals surface area contributed by atoms with Gasteiger partial charge in [-0.05, 0) is 11.1 Å². The number of nitrogens with zero attached hydrogens (tertiary/aromatic N) is 2. The minimum absolute atomic E-state index is 0.267. The highest BCUT2D eigenvalue weighted by atomic mass is 16.4. The normalized spacial score (nSPS) is 10.5. The van der Waals surface area contributed by atoms with E-state index < -0.39 is 0 Å². The number of benzene rings is 2. The van der Waals surface area contributed by atoms with Crippen molar-refractivity contribution in [3.05, 3.63) is 82.3 Å². The first-order chi connectivity index (χ1) is 11.1. The van der Waals surface area contributed by atoms with E-state index >= 15 is 0 Å². The summed E-state index contributed by atoms with van der Waals surface area (Å²) in [5.41, 5.74) is 2.17. The zero-order valence-electron chi connectivity index (χ0n) is 13.2. The highest BCUT2D eigenvalue weighted by molar-refractivity contribution is 5.65. The minimum atomic E-state index is -0.267. The molecule has 0 atom stereocenters. The predicted molar refractivity (Wildman–Crippen MR) is 91.8 cm³/mol. The van der Waals surface area contributed by atoms with Gasteiger partial charge in [-0.3, -0.25) is 4.79 Å². The third-order valence-corrected chi connectivity index (χ3v) is 3.56. The summed E-state index contributed by atoms with van der Waals surface area (Å²) >= 11 is 0. The van der Waals surface area contributed by atoms with Crippen molar-refractivity contribution >= 4 is 6.01 Å². The van der Waals surface area contributed by atoms with Crippen LogP contribution in [0.15, 0.2) is 69.9 Å². The first kappa shape index (κ1) is 15.0. The average molecular weight is 306 g/mol. The quantitative estimate of drug-likeness (QED) is 0.741. The van der Waals surface area contributed by atoms with Crippen LogP contribution in [-0.4, -0.2) is 19.1 Å². The summed E-state index contributed by atoms with van der Waals surface area (Å²) < 4.78 is 5.92. The molecule has 23 heavy (non-hydrogen) atoms. The van der Waals surface area contributed by atoms with Crippen LogP contribution in [0.5, 0.6) is 0 Å². The summed E-state index contributed by atoms with van der Waals surface area (Å²) in [6.07, 6.45) is 0.545. The Hall–Kier alpha value is -2.88. The van der Waals surface area contributed by atoms with Gasteiger partial charge in [-0.25, -0.2) is 0 Å². The Morgan fingerprint density at radius 3 is 2.17 bits per heavy atom. The molecule has 116 valence electrons. The Morgan fingerprint density at radius 1 is 0.957 bits per heavy atom. The summed E-state index contributed by atoms with van der Waals surface area (Å²) in [6.45, 7) is 0. The molecule has 0 amide bonds. The smallest absolute Gasteiger partial charge is 0.300 e. The van der Waals surface area contributed by atoms with Gasteiger partial charge < -0.3 is 9.32 Å². The lowest BCUT2D eigenvalue weighted by molar-refractivity contribution is 0.485. The molecule has 0 aliphatic carbocycles. The van der Waals surface area contributed by atoms with Crippen molar-refractivity contribution in [1.82, 2.24) is 4.98 Å². The van der Waals surface area contributed by atoms with E-state index in [2.05, 4.69) is 4.98 Å². The Kier molecular flexibility index (Phi) is 4.24. The number of aromatic nitrogens is 1. The molecular weight excluding hydrogens is 288 g/mol. The van der Waals surface area contributed by atoms with Crippen molar-refractivity contribution in [2.75, 3.05) is 19.0 Å². The average Bonchev–Trinajstić information content (AvgIpc) is 2.56. The number of rotatable bonds is 4. The summed E-state index contributed by atoms with van der Waals surface area (Å²) in [5.74, 6) is 0.631. The summed E-state index contributed by atoms with van der Waals surface area (Å²) in [7, 11) is 3.61. The van der Waals surface area contributed by atoms with Crippen LogP contribution in [0.2, 0.25) is 0 Å². The molecule has 0 aliphatic rings. The van der Waals surface area contributed by atoms with Gasteiger partial charge in [0, 0.05) is 20.5 Å². The van der Waals surface area contributed by atoms with E-state index in [1.807, 2.05) is 60.7 Å². The molecule has 0 unspecified atom stereocenters. The lowest BCUT2D eigenvalue weighted by Gasteiger charge is -2.13. The Labute approximate surface area is 135 Å². The fourth-order valence-electron chi connectivity index (χ4n) is 2.43. The van der Waals surface area contributed by atoms with Gasteiger partial charge in [0.15, 0.2) is 0 Å². The zero-order chi connectivity index (χ0) is 16.2. The van der Waals surface area contributed by atoms with E-state index in [0.717, 1.165) is 11.1 Å². The molecule has 0 radical (unpaired) electrons. The van der Waals surface area contributed by atoms with Crippen LogP contribution in [0.25, 0.3) is 11.1 Å². The molecular formula is C19H18N2O2. The molecule has 0 bridgehead atoms. The van der Waals surface area contributed by atoms with E-state index in [0.29, 0.717) is 23.8 Å². The van der Waals surface area contributed by atoms with E-state index in [1.165, 1.54) is 0 Å². The van der Waals surface area contributed by atoms with E-state index in [1.54, 1.807) is 19.0 Å². The maximum Gasteiger partial charge on any atom is 0.300 e. The molecule has 0 saturated heterocycles. The van der Waals surface area contributed by atoms with Crippen LogP contribution < -0.4 is 10.5 Å². The Balaban J connectivity index is 2.16.